The number of fused-ring (bicyclic) bond motifs is 1. The first-order valence-corrected chi connectivity index (χ1v) is 9.34. The van der Waals surface area contributed by atoms with Crippen LogP contribution in [0.25, 0.3) is 0 Å². The molecule has 25 heavy (non-hydrogen) atoms. The molecule has 1 amide bonds. The molecule has 2 aromatic carbocycles. The zero-order chi connectivity index (χ0) is 18.0. The van der Waals surface area contributed by atoms with E-state index in [9.17, 15) is 13.2 Å². The van der Waals surface area contributed by atoms with Crippen molar-refractivity contribution in [2.45, 2.75) is 24.7 Å². The van der Waals surface area contributed by atoms with E-state index in [1.54, 1.807) is 24.3 Å². The second kappa shape index (κ2) is 6.57. The SMILES string of the molecule is C[C@@H]1c2ccccc2O[C@H]1C(=O)NS(=O)(=O)Cc1ccc(C#N)cc1. The molecule has 3 rings (SSSR count). The average Bonchev–Trinajstić information content (AvgIpc) is 2.92. The van der Waals surface area contributed by atoms with Crippen LogP contribution in [0.5, 0.6) is 5.75 Å². The summed E-state index contributed by atoms with van der Waals surface area (Å²) in [5.41, 5.74) is 1.81. The highest BCUT2D eigenvalue weighted by Gasteiger charge is 2.37. The van der Waals surface area contributed by atoms with Gasteiger partial charge in [0.05, 0.1) is 17.4 Å². The molecular formula is C18H16N2O4S. The van der Waals surface area contributed by atoms with E-state index in [-0.39, 0.29) is 11.7 Å². The van der Waals surface area contributed by atoms with E-state index in [0.29, 0.717) is 16.9 Å². The molecule has 0 radical (unpaired) electrons. The summed E-state index contributed by atoms with van der Waals surface area (Å²) in [6.07, 6.45) is -0.881. The maximum atomic E-state index is 12.4. The molecule has 0 aromatic heterocycles. The van der Waals surface area contributed by atoms with Gasteiger partial charge in [-0.3, -0.25) is 4.79 Å². The van der Waals surface area contributed by atoms with Gasteiger partial charge in [0.25, 0.3) is 5.91 Å². The molecular weight excluding hydrogens is 340 g/mol. The molecule has 6 nitrogen and oxygen atoms in total. The molecule has 0 spiro atoms. The molecule has 1 aliphatic rings. The zero-order valence-electron chi connectivity index (χ0n) is 13.5. The number of nitrogens with zero attached hydrogens (tertiary/aromatic N) is 1. The molecule has 0 bridgehead atoms. The molecule has 1 N–H and O–H groups in total. The molecule has 1 heterocycles. The number of para-hydroxylation sites is 1. The van der Waals surface area contributed by atoms with Gasteiger partial charge in [0.1, 0.15) is 5.75 Å². The van der Waals surface area contributed by atoms with Gasteiger partial charge >= 0.3 is 0 Å². The third kappa shape index (κ3) is 3.64. The highest BCUT2D eigenvalue weighted by Crippen LogP contribution is 2.37. The van der Waals surface area contributed by atoms with Gasteiger partial charge in [-0.15, -0.1) is 0 Å². The number of amides is 1. The number of ether oxygens (including phenoxy) is 1. The summed E-state index contributed by atoms with van der Waals surface area (Å²) in [6, 6.07) is 15.4. The Labute approximate surface area is 146 Å². The van der Waals surface area contributed by atoms with E-state index in [1.807, 2.05) is 25.1 Å². The number of carbonyl (C=O) groups is 1. The van der Waals surface area contributed by atoms with Crippen LogP contribution < -0.4 is 9.46 Å². The Kier molecular flexibility index (Phi) is 4.47. The first-order valence-electron chi connectivity index (χ1n) is 7.68. The molecule has 7 heteroatoms. The third-order valence-electron chi connectivity index (χ3n) is 4.07. The largest absolute Gasteiger partial charge is 0.480 e. The third-order valence-corrected chi connectivity index (χ3v) is 5.30. The minimum atomic E-state index is -3.86. The lowest BCUT2D eigenvalue weighted by Crippen LogP contribution is -2.42. The molecule has 128 valence electrons. The fourth-order valence-electron chi connectivity index (χ4n) is 2.79. The Balaban J connectivity index is 1.69. The number of nitriles is 1. The number of carbonyl (C=O) groups excluding carboxylic acids is 1. The van der Waals surface area contributed by atoms with Crippen LogP contribution >= 0.6 is 0 Å². The molecule has 0 saturated heterocycles. The molecule has 0 fully saturated rings. The van der Waals surface area contributed by atoms with Crippen LogP contribution in [0.15, 0.2) is 48.5 Å². The fourth-order valence-corrected chi connectivity index (χ4v) is 3.92. The number of rotatable bonds is 4. The average molecular weight is 356 g/mol. The maximum Gasteiger partial charge on any atom is 0.275 e. The Bertz CT molecular complexity index is 946. The van der Waals surface area contributed by atoms with Crippen LogP contribution in [0.4, 0.5) is 0 Å². The number of sulfonamides is 1. The van der Waals surface area contributed by atoms with E-state index in [2.05, 4.69) is 4.72 Å². The summed E-state index contributed by atoms with van der Waals surface area (Å²) in [4.78, 5) is 12.4. The first-order chi connectivity index (χ1) is 11.9. The van der Waals surface area contributed by atoms with Gasteiger partial charge in [0.15, 0.2) is 6.10 Å². The fraction of sp³-hybridized carbons (Fsp3) is 0.222. The lowest BCUT2D eigenvalue weighted by Gasteiger charge is -2.15. The molecule has 0 unspecified atom stereocenters. The quantitative estimate of drug-likeness (QED) is 0.905. The molecule has 2 aromatic rings. The maximum absolute atomic E-state index is 12.4. The summed E-state index contributed by atoms with van der Waals surface area (Å²) < 4.78 is 32.2. The van der Waals surface area contributed by atoms with Crippen LogP contribution in [0, 0.1) is 11.3 Å². The summed E-state index contributed by atoms with van der Waals surface area (Å²) >= 11 is 0. The summed E-state index contributed by atoms with van der Waals surface area (Å²) in [6.45, 7) is 1.82. The number of benzene rings is 2. The van der Waals surface area contributed by atoms with Crippen molar-refractivity contribution < 1.29 is 17.9 Å². The van der Waals surface area contributed by atoms with Crippen LogP contribution in [0.3, 0.4) is 0 Å². The molecule has 2 atom stereocenters. The number of nitrogens with one attached hydrogen (secondary N) is 1. The van der Waals surface area contributed by atoms with Gasteiger partial charge in [0.2, 0.25) is 10.0 Å². The van der Waals surface area contributed by atoms with E-state index < -0.39 is 22.0 Å². The normalized spacial score (nSPS) is 18.7. The Morgan fingerprint density at radius 1 is 1.20 bits per heavy atom. The van der Waals surface area contributed by atoms with Gasteiger partial charge in [-0.25, -0.2) is 13.1 Å². The van der Waals surface area contributed by atoms with Crippen molar-refractivity contribution in [2.75, 3.05) is 0 Å². The van der Waals surface area contributed by atoms with Gasteiger partial charge < -0.3 is 4.74 Å². The molecule has 0 aliphatic carbocycles. The summed E-state index contributed by atoms with van der Waals surface area (Å²) in [7, 11) is -3.86. The van der Waals surface area contributed by atoms with Crippen molar-refractivity contribution in [2.24, 2.45) is 0 Å². The van der Waals surface area contributed by atoms with Gasteiger partial charge in [-0.2, -0.15) is 5.26 Å². The lowest BCUT2D eigenvalue weighted by atomic mass is 9.97. The summed E-state index contributed by atoms with van der Waals surface area (Å²) in [5.74, 6) is -0.670. The van der Waals surface area contributed by atoms with E-state index >= 15 is 0 Å². The number of hydrogen-bond acceptors (Lipinski definition) is 5. The lowest BCUT2D eigenvalue weighted by molar-refractivity contribution is -0.126. The number of hydrogen-bond donors (Lipinski definition) is 1. The van der Waals surface area contributed by atoms with Crippen LogP contribution in [0.2, 0.25) is 0 Å². The van der Waals surface area contributed by atoms with E-state index in [1.165, 1.54) is 12.1 Å². The molecule has 0 saturated carbocycles. The standard InChI is InChI=1S/C18H16N2O4S/c1-12-15-4-2-3-5-16(15)24-17(12)18(21)20-25(22,23)11-14-8-6-13(10-19)7-9-14/h2-9,12,17H,11H2,1H3,(H,20,21)/t12-,17-/m1/s1. The second-order valence-electron chi connectivity index (χ2n) is 5.90. The van der Waals surface area contributed by atoms with Crippen molar-refractivity contribution in [1.82, 2.24) is 4.72 Å². The van der Waals surface area contributed by atoms with E-state index in [0.717, 1.165) is 5.56 Å². The van der Waals surface area contributed by atoms with Gasteiger partial charge in [-0.1, -0.05) is 37.3 Å². The van der Waals surface area contributed by atoms with E-state index in [4.69, 9.17) is 10.00 Å². The topological polar surface area (TPSA) is 96.3 Å². The Morgan fingerprint density at radius 2 is 1.88 bits per heavy atom. The summed E-state index contributed by atoms with van der Waals surface area (Å²) in [5, 5.41) is 8.76. The van der Waals surface area contributed by atoms with Crippen molar-refractivity contribution in [3.8, 4) is 11.8 Å². The minimum absolute atomic E-state index is 0.235. The van der Waals surface area contributed by atoms with Crippen molar-refractivity contribution in [3.63, 3.8) is 0 Å². The second-order valence-corrected chi connectivity index (χ2v) is 7.62. The first kappa shape index (κ1) is 17.0. The highest BCUT2D eigenvalue weighted by atomic mass is 32.2. The van der Waals surface area contributed by atoms with Crippen molar-refractivity contribution in [1.29, 1.82) is 5.26 Å². The van der Waals surface area contributed by atoms with Crippen LogP contribution in [-0.2, 0) is 20.6 Å². The van der Waals surface area contributed by atoms with Crippen LogP contribution in [-0.4, -0.2) is 20.4 Å². The van der Waals surface area contributed by atoms with Crippen molar-refractivity contribution >= 4 is 15.9 Å². The predicted octanol–water partition coefficient (Wildman–Crippen LogP) is 2.07. The smallest absolute Gasteiger partial charge is 0.275 e. The Morgan fingerprint density at radius 3 is 2.52 bits per heavy atom. The van der Waals surface area contributed by atoms with Crippen LogP contribution in [0.1, 0.15) is 29.5 Å². The van der Waals surface area contributed by atoms with Gasteiger partial charge in [-0.05, 0) is 23.8 Å². The van der Waals surface area contributed by atoms with Crippen molar-refractivity contribution in [3.05, 3.63) is 65.2 Å². The minimum Gasteiger partial charge on any atom is -0.480 e. The van der Waals surface area contributed by atoms with Gasteiger partial charge in [0, 0.05) is 11.5 Å². The Hall–Kier alpha value is -2.85. The molecule has 1 aliphatic heterocycles. The zero-order valence-corrected chi connectivity index (χ0v) is 14.3. The monoisotopic (exact) mass is 356 g/mol. The highest BCUT2D eigenvalue weighted by molar-refractivity contribution is 7.89. The predicted molar refractivity (Wildman–Crippen MR) is 91.2 cm³/mol.